The zero-order valence-corrected chi connectivity index (χ0v) is 8.12. The molecular weight excluding hydrogens is 200 g/mol. The molecule has 0 aliphatic carbocycles. The molecule has 5 nitrogen and oxygen atoms in total. The van der Waals surface area contributed by atoms with Gasteiger partial charge in [0.05, 0.1) is 12.9 Å². The molecule has 1 amide bonds. The summed E-state index contributed by atoms with van der Waals surface area (Å²) in [7, 11) is 0. The van der Waals surface area contributed by atoms with E-state index in [1.807, 2.05) is 0 Å². The molecule has 14 heavy (non-hydrogen) atoms. The summed E-state index contributed by atoms with van der Waals surface area (Å²) in [6.45, 7) is 4.06. The van der Waals surface area contributed by atoms with Crippen molar-refractivity contribution in [1.82, 2.24) is 5.32 Å². The van der Waals surface area contributed by atoms with Gasteiger partial charge in [0.1, 0.15) is 0 Å². The summed E-state index contributed by atoms with van der Waals surface area (Å²) in [5.41, 5.74) is 0. The quantitative estimate of drug-likeness (QED) is 0.659. The van der Waals surface area contributed by atoms with Crippen molar-refractivity contribution in [2.75, 3.05) is 6.54 Å². The molecule has 0 bridgehead atoms. The number of hydrogen-bond donors (Lipinski definition) is 1. The van der Waals surface area contributed by atoms with E-state index in [4.69, 9.17) is 0 Å². The SMILES string of the molecule is C=CCN=C1N=C2N=CNC(=O)C2S1. The first-order valence-corrected chi connectivity index (χ1v) is 4.92. The van der Waals surface area contributed by atoms with Crippen molar-refractivity contribution in [3.05, 3.63) is 12.7 Å². The summed E-state index contributed by atoms with van der Waals surface area (Å²) in [5, 5.41) is 2.79. The van der Waals surface area contributed by atoms with E-state index in [0.717, 1.165) is 0 Å². The molecule has 1 unspecified atom stereocenters. The highest BCUT2D eigenvalue weighted by Crippen LogP contribution is 2.25. The van der Waals surface area contributed by atoms with E-state index in [1.165, 1.54) is 18.1 Å². The van der Waals surface area contributed by atoms with Crippen LogP contribution in [-0.2, 0) is 4.79 Å². The van der Waals surface area contributed by atoms with Gasteiger partial charge in [0.25, 0.3) is 0 Å². The van der Waals surface area contributed by atoms with Crippen LogP contribution >= 0.6 is 11.8 Å². The lowest BCUT2D eigenvalue weighted by Crippen LogP contribution is -2.39. The number of amides is 1. The predicted molar refractivity (Wildman–Crippen MR) is 57.9 cm³/mol. The molecule has 72 valence electrons. The summed E-state index contributed by atoms with van der Waals surface area (Å²) in [5.74, 6) is 0.439. The van der Waals surface area contributed by atoms with Crippen LogP contribution in [0, 0.1) is 0 Å². The highest BCUT2D eigenvalue weighted by molar-refractivity contribution is 8.16. The second kappa shape index (κ2) is 3.75. The van der Waals surface area contributed by atoms with Crippen LogP contribution < -0.4 is 5.32 Å². The predicted octanol–water partition coefficient (Wildman–Crippen LogP) is 0.200. The lowest BCUT2D eigenvalue weighted by Gasteiger charge is -2.10. The topological polar surface area (TPSA) is 66.2 Å². The Morgan fingerprint density at radius 3 is 3.36 bits per heavy atom. The normalized spacial score (nSPS) is 27.1. The second-order valence-corrected chi connectivity index (χ2v) is 3.72. The van der Waals surface area contributed by atoms with Gasteiger partial charge in [-0.05, 0) is 0 Å². The fourth-order valence-corrected chi connectivity index (χ4v) is 1.96. The summed E-state index contributed by atoms with van der Waals surface area (Å²) in [6.07, 6.45) is 3.04. The zero-order valence-electron chi connectivity index (χ0n) is 7.30. The molecule has 1 atom stereocenters. The Labute approximate surface area is 85.1 Å². The van der Waals surface area contributed by atoms with Gasteiger partial charge >= 0.3 is 0 Å². The molecule has 0 aromatic heterocycles. The first kappa shape index (κ1) is 9.14. The highest BCUT2D eigenvalue weighted by atomic mass is 32.2. The fourth-order valence-electron chi connectivity index (χ4n) is 1.06. The first-order valence-electron chi connectivity index (χ1n) is 4.05. The standard InChI is InChI=1S/C8H8N4OS/c1-2-3-9-8-12-6-5(14-8)7(13)11-4-10-6/h2,4-5H,1,3H2,(H,9,10,11,12,13). The summed E-state index contributed by atoms with van der Waals surface area (Å²) in [4.78, 5) is 23.5. The number of rotatable bonds is 2. The van der Waals surface area contributed by atoms with Crippen LogP contribution in [0.1, 0.15) is 0 Å². The van der Waals surface area contributed by atoms with E-state index in [2.05, 4.69) is 26.9 Å². The minimum atomic E-state index is -0.330. The summed E-state index contributed by atoms with van der Waals surface area (Å²) >= 11 is 1.32. The van der Waals surface area contributed by atoms with Crippen LogP contribution in [0.25, 0.3) is 0 Å². The number of hydrogen-bond acceptors (Lipinski definition) is 4. The molecule has 1 N–H and O–H groups in total. The van der Waals surface area contributed by atoms with Crippen molar-refractivity contribution >= 4 is 35.0 Å². The maximum Gasteiger partial charge on any atom is 0.246 e. The maximum atomic E-state index is 11.3. The average molecular weight is 208 g/mol. The monoisotopic (exact) mass is 208 g/mol. The molecule has 0 saturated heterocycles. The van der Waals surface area contributed by atoms with Gasteiger partial charge in [-0.2, -0.15) is 0 Å². The van der Waals surface area contributed by atoms with Gasteiger partial charge in [-0.3, -0.25) is 9.79 Å². The first-order chi connectivity index (χ1) is 6.81. The van der Waals surface area contributed by atoms with Crippen LogP contribution in [-0.4, -0.2) is 35.0 Å². The molecule has 0 saturated carbocycles. The van der Waals surface area contributed by atoms with Gasteiger partial charge in [-0.15, -0.1) is 6.58 Å². The summed E-state index contributed by atoms with van der Waals surface area (Å²) in [6, 6.07) is 0. The Kier molecular flexibility index (Phi) is 2.45. The van der Waals surface area contributed by atoms with Crippen molar-refractivity contribution in [2.24, 2.45) is 15.0 Å². The molecule has 2 heterocycles. The van der Waals surface area contributed by atoms with E-state index in [-0.39, 0.29) is 11.2 Å². The van der Waals surface area contributed by atoms with Crippen LogP contribution in [0.2, 0.25) is 0 Å². The van der Waals surface area contributed by atoms with E-state index in [1.54, 1.807) is 6.08 Å². The third-order valence-electron chi connectivity index (χ3n) is 1.67. The molecule has 0 aromatic rings. The van der Waals surface area contributed by atoms with Crippen LogP contribution in [0.4, 0.5) is 0 Å². The second-order valence-electron chi connectivity index (χ2n) is 2.65. The van der Waals surface area contributed by atoms with Crippen molar-refractivity contribution in [1.29, 1.82) is 0 Å². The number of amidine groups is 2. The molecule has 0 radical (unpaired) electrons. The van der Waals surface area contributed by atoms with Crippen molar-refractivity contribution in [3.8, 4) is 0 Å². The Hall–Kier alpha value is -1.43. The van der Waals surface area contributed by atoms with E-state index >= 15 is 0 Å². The number of fused-ring (bicyclic) bond motifs is 1. The number of carbonyl (C=O) groups excluding carboxylic acids is 1. The highest BCUT2D eigenvalue weighted by Gasteiger charge is 2.34. The minimum Gasteiger partial charge on any atom is -0.315 e. The Morgan fingerprint density at radius 2 is 2.64 bits per heavy atom. The lowest BCUT2D eigenvalue weighted by atomic mass is 10.3. The molecule has 0 spiro atoms. The number of thioether (sulfide) groups is 1. The van der Waals surface area contributed by atoms with Crippen LogP contribution in [0.15, 0.2) is 27.6 Å². The molecule has 0 aromatic carbocycles. The molecule has 2 aliphatic heterocycles. The smallest absolute Gasteiger partial charge is 0.246 e. The van der Waals surface area contributed by atoms with Gasteiger partial charge in [-0.1, -0.05) is 17.8 Å². The average Bonchev–Trinajstić information content (AvgIpc) is 2.59. The van der Waals surface area contributed by atoms with E-state index < -0.39 is 0 Å². The fraction of sp³-hybridized carbons (Fsp3) is 0.250. The third kappa shape index (κ3) is 1.60. The van der Waals surface area contributed by atoms with Gasteiger partial charge in [0.2, 0.25) is 5.91 Å². The number of aliphatic imine (C=N–C) groups is 3. The van der Waals surface area contributed by atoms with Crippen molar-refractivity contribution < 1.29 is 4.79 Å². The van der Waals surface area contributed by atoms with Gasteiger partial charge in [0.15, 0.2) is 16.3 Å². The van der Waals surface area contributed by atoms with Crippen molar-refractivity contribution in [2.45, 2.75) is 5.25 Å². The van der Waals surface area contributed by atoms with Gasteiger partial charge < -0.3 is 5.32 Å². The number of nitrogens with zero attached hydrogens (tertiary/aromatic N) is 3. The third-order valence-corrected chi connectivity index (χ3v) is 2.76. The molecular formula is C8H8N4OS. The molecule has 0 fully saturated rings. The Balaban J connectivity index is 2.19. The number of carbonyl (C=O) groups is 1. The molecule has 6 heteroatoms. The Morgan fingerprint density at radius 1 is 1.79 bits per heavy atom. The minimum absolute atomic E-state index is 0.0902. The number of nitrogens with one attached hydrogen (secondary N) is 1. The van der Waals surface area contributed by atoms with Gasteiger partial charge in [0, 0.05) is 0 Å². The zero-order chi connectivity index (χ0) is 9.97. The van der Waals surface area contributed by atoms with Crippen LogP contribution in [0.3, 0.4) is 0 Å². The lowest BCUT2D eigenvalue weighted by molar-refractivity contribution is -0.118. The van der Waals surface area contributed by atoms with E-state index in [9.17, 15) is 4.79 Å². The molecule has 2 rings (SSSR count). The van der Waals surface area contributed by atoms with Crippen molar-refractivity contribution in [3.63, 3.8) is 0 Å². The van der Waals surface area contributed by atoms with Crippen LogP contribution in [0.5, 0.6) is 0 Å². The maximum absolute atomic E-state index is 11.3. The van der Waals surface area contributed by atoms with Gasteiger partial charge in [-0.25, -0.2) is 9.98 Å². The Bertz CT molecular complexity index is 372. The largest absolute Gasteiger partial charge is 0.315 e. The van der Waals surface area contributed by atoms with E-state index in [0.29, 0.717) is 17.5 Å². The summed E-state index contributed by atoms with van der Waals surface area (Å²) < 4.78 is 0. The molecule has 2 aliphatic rings.